The van der Waals surface area contributed by atoms with Crippen LogP contribution in [0.15, 0.2) is 34.1 Å². The maximum atomic E-state index is 11.8. The largest absolute Gasteiger partial charge is 0.490 e. The van der Waals surface area contributed by atoms with Crippen LogP contribution in [0.2, 0.25) is 0 Å². The van der Waals surface area contributed by atoms with Crippen LogP contribution in [-0.2, 0) is 63.2 Å². The summed E-state index contributed by atoms with van der Waals surface area (Å²) in [6, 6.07) is 2.40. The van der Waals surface area contributed by atoms with Crippen molar-refractivity contribution in [3.05, 3.63) is 45.5 Å². The summed E-state index contributed by atoms with van der Waals surface area (Å²) >= 11 is 0. The molecule has 0 radical (unpaired) electrons. The molecule has 0 saturated carbocycles. The van der Waals surface area contributed by atoms with Gasteiger partial charge in [-0.3, -0.25) is 18.2 Å². The Hall–Kier alpha value is -2.06. The minimum atomic E-state index is -5.71. The minimum absolute atomic E-state index is 0.122. The third-order valence-electron chi connectivity index (χ3n) is 6.56. The molecule has 2 aromatic heterocycles. The summed E-state index contributed by atoms with van der Waals surface area (Å²) in [5, 5.41) is 39.9. The molecule has 16 N–H and O–H groups in total. The highest BCUT2D eigenvalue weighted by molar-refractivity contribution is 7.67. The zero-order chi connectivity index (χ0) is 44.4. The van der Waals surface area contributed by atoms with E-state index in [1.54, 1.807) is 0 Å². The minimum Gasteiger partial charge on any atom is -0.387 e. The standard InChI is InChI=1S/2C9H16N3O14P3/c2*10-5-1-2-12(9(15)11-5)8-7(14)6(13)4(24-8)3-23-28(19,20)26-29(21,22)25-27(16,17)18/h2*1-2,4,6-8,13-14H,3H2,(H,19,20)(H,21,22)(H2,10,11,15)(H2,16,17,18)/t2*4-,6-,7-,8-/m11/s1. The molecule has 12 atom stereocenters. The Balaban J connectivity index is 0.000000310. The highest BCUT2D eigenvalue weighted by Gasteiger charge is 2.48. The SMILES string of the molecule is Nc1ccn([C@@H]2O[C@H](COP(=O)(O)OP(=O)(O)OP(=O)(O)O)[C@@H](O)[C@H]2O)c(=O)n1.Nc1ccn([C@@H]2O[C@H](COP(=O)(O)OP(=O)(O)OP(=O)(O)O)[C@@H](O)[C@H]2O)c(=O)n1. The molecule has 0 amide bonds. The first kappa shape index (κ1) is 50.3. The molecule has 0 spiro atoms. The molecule has 2 aliphatic rings. The van der Waals surface area contributed by atoms with E-state index in [4.69, 9.17) is 50.3 Å². The quantitative estimate of drug-likeness (QED) is 0.0706. The van der Waals surface area contributed by atoms with E-state index in [-0.39, 0.29) is 11.6 Å². The van der Waals surface area contributed by atoms with Crippen molar-refractivity contribution < 1.29 is 123 Å². The van der Waals surface area contributed by atoms with Crippen molar-refractivity contribution in [1.29, 1.82) is 0 Å². The number of aliphatic hydroxyl groups is 4. The van der Waals surface area contributed by atoms with Crippen molar-refractivity contribution in [2.75, 3.05) is 24.7 Å². The lowest BCUT2D eigenvalue weighted by Crippen LogP contribution is -2.36. The fraction of sp³-hybridized carbons (Fsp3) is 0.556. The molecule has 58 heavy (non-hydrogen) atoms. The summed E-state index contributed by atoms with van der Waals surface area (Å²) in [5.41, 5.74) is 8.78. The number of nitrogen functional groups attached to an aromatic ring is 2. The van der Waals surface area contributed by atoms with Gasteiger partial charge < -0.3 is 80.5 Å². The first-order chi connectivity index (χ1) is 26.2. The lowest BCUT2D eigenvalue weighted by molar-refractivity contribution is -0.0541. The van der Waals surface area contributed by atoms with E-state index in [1.165, 1.54) is 12.1 Å². The van der Waals surface area contributed by atoms with E-state index in [0.717, 1.165) is 21.5 Å². The van der Waals surface area contributed by atoms with Gasteiger partial charge in [-0.1, -0.05) is 0 Å². The van der Waals surface area contributed by atoms with Crippen molar-refractivity contribution in [3.63, 3.8) is 0 Å². The second-order valence-electron chi connectivity index (χ2n) is 11.0. The van der Waals surface area contributed by atoms with E-state index in [2.05, 4.69) is 36.3 Å². The monoisotopic (exact) mass is 966 g/mol. The van der Waals surface area contributed by atoms with Gasteiger partial charge in [0.05, 0.1) is 13.2 Å². The molecule has 4 heterocycles. The van der Waals surface area contributed by atoms with Crippen LogP contribution >= 0.6 is 46.9 Å². The van der Waals surface area contributed by atoms with Crippen LogP contribution in [0, 0.1) is 0 Å². The Morgan fingerprint density at radius 1 is 0.552 bits per heavy atom. The van der Waals surface area contributed by atoms with Crippen LogP contribution in [0.4, 0.5) is 11.6 Å². The van der Waals surface area contributed by atoms with Crippen molar-refractivity contribution in [2.45, 2.75) is 49.1 Å². The number of hydrogen-bond donors (Lipinski definition) is 14. The number of aromatic nitrogens is 4. The lowest BCUT2D eigenvalue weighted by atomic mass is 10.1. The molecule has 332 valence electrons. The summed E-state index contributed by atoms with van der Waals surface area (Å²) in [7, 11) is -33.5. The molecule has 0 aromatic carbocycles. The second kappa shape index (κ2) is 18.9. The first-order valence-electron chi connectivity index (χ1n) is 14.5. The number of nitrogens with two attached hydrogens (primary N) is 2. The predicted octanol–water partition coefficient (Wildman–Crippen LogP) is -4.42. The smallest absolute Gasteiger partial charge is 0.387 e. The summed E-state index contributed by atoms with van der Waals surface area (Å²) in [6.07, 6.45) is -10.8. The molecule has 34 nitrogen and oxygen atoms in total. The maximum absolute atomic E-state index is 11.8. The molecule has 2 fully saturated rings. The van der Waals surface area contributed by atoms with Gasteiger partial charge in [-0.15, -0.1) is 0 Å². The average Bonchev–Trinajstić information content (AvgIpc) is 3.45. The Morgan fingerprint density at radius 2 is 0.862 bits per heavy atom. The van der Waals surface area contributed by atoms with Gasteiger partial charge in [0, 0.05) is 12.4 Å². The molecule has 2 saturated heterocycles. The van der Waals surface area contributed by atoms with Crippen LogP contribution in [0.1, 0.15) is 12.5 Å². The molecule has 40 heteroatoms. The summed E-state index contributed by atoms with van der Waals surface area (Å²) in [4.78, 5) is 101. The number of ether oxygens (including phenoxy) is 2. The molecule has 0 aliphatic carbocycles. The third-order valence-corrected chi connectivity index (χ3v) is 14.2. The van der Waals surface area contributed by atoms with Gasteiger partial charge in [-0.25, -0.2) is 37.0 Å². The molecule has 0 bridgehead atoms. The van der Waals surface area contributed by atoms with Crippen molar-refractivity contribution in [2.24, 2.45) is 0 Å². The fourth-order valence-electron chi connectivity index (χ4n) is 4.37. The third kappa shape index (κ3) is 15.1. The molecular weight excluding hydrogens is 934 g/mol. The normalized spacial score (nSPS) is 29.3. The number of aliphatic hydroxyl groups excluding tert-OH is 4. The van der Waals surface area contributed by atoms with Crippen LogP contribution in [0.3, 0.4) is 0 Å². The van der Waals surface area contributed by atoms with E-state index in [9.17, 15) is 67.2 Å². The number of phosphoric acid groups is 6. The summed E-state index contributed by atoms with van der Waals surface area (Å²) < 4.78 is 102. The lowest BCUT2D eigenvalue weighted by Gasteiger charge is -2.19. The van der Waals surface area contributed by atoms with Crippen molar-refractivity contribution in [3.8, 4) is 0 Å². The van der Waals surface area contributed by atoms with Gasteiger partial charge in [-0.2, -0.15) is 27.2 Å². The zero-order valence-corrected chi connectivity index (χ0v) is 33.2. The number of hydrogen-bond acceptors (Lipinski definition) is 24. The van der Waals surface area contributed by atoms with Gasteiger partial charge in [0.25, 0.3) is 0 Å². The Kier molecular flexibility index (Phi) is 16.4. The van der Waals surface area contributed by atoms with E-state index in [0.29, 0.717) is 0 Å². The predicted molar refractivity (Wildman–Crippen MR) is 177 cm³/mol. The number of nitrogens with zero attached hydrogens (tertiary/aromatic N) is 4. The van der Waals surface area contributed by atoms with Crippen molar-refractivity contribution >= 4 is 58.6 Å². The highest BCUT2D eigenvalue weighted by atomic mass is 31.3. The van der Waals surface area contributed by atoms with Crippen molar-refractivity contribution in [1.82, 2.24) is 19.1 Å². The Morgan fingerprint density at radius 3 is 1.14 bits per heavy atom. The summed E-state index contributed by atoms with van der Waals surface area (Å²) in [6.45, 7) is -2.04. The van der Waals surface area contributed by atoms with Gasteiger partial charge in [0.2, 0.25) is 0 Å². The van der Waals surface area contributed by atoms with E-state index < -0.39 is 121 Å². The number of anilines is 2. The van der Waals surface area contributed by atoms with Crippen LogP contribution in [0.5, 0.6) is 0 Å². The number of phosphoric ester groups is 2. The highest BCUT2D eigenvalue weighted by Crippen LogP contribution is 2.67. The summed E-state index contributed by atoms with van der Waals surface area (Å²) in [5.74, 6) is -0.244. The van der Waals surface area contributed by atoms with Crippen LogP contribution < -0.4 is 22.8 Å². The first-order valence-corrected chi connectivity index (χ1v) is 23.5. The van der Waals surface area contributed by atoms with Gasteiger partial charge >= 0.3 is 58.3 Å². The fourth-order valence-corrected chi connectivity index (χ4v) is 10.4. The Bertz CT molecular complexity index is 2040. The average molecular weight is 966 g/mol. The molecule has 4 unspecified atom stereocenters. The van der Waals surface area contributed by atoms with Gasteiger partial charge in [0.15, 0.2) is 12.5 Å². The van der Waals surface area contributed by atoms with E-state index >= 15 is 0 Å². The second-order valence-corrected chi connectivity index (χ2v) is 19.8. The molecule has 4 rings (SSSR count). The van der Waals surface area contributed by atoms with Gasteiger partial charge in [0.1, 0.15) is 48.3 Å². The topological polar surface area (TPSA) is 541 Å². The maximum Gasteiger partial charge on any atom is 0.490 e. The molecule has 2 aliphatic heterocycles. The van der Waals surface area contributed by atoms with Crippen LogP contribution in [-0.4, -0.2) is 129 Å². The molecule has 2 aromatic rings. The van der Waals surface area contributed by atoms with Crippen LogP contribution in [0.25, 0.3) is 0 Å². The van der Waals surface area contributed by atoms with E-state index in [1.807, 2.05) is 0 Å². The Labute approximate surface area is 319 Å². The zero-order valence-electron chi connectivity index (χ0n) is 27.9. The van der Waals surface area contributed by atoms with Gasteiger partial charge in [-0.05, 0) is 12.1 Å². The number of rotatable bonds is 16. The molecular formula is C18H32N6O28P6.